The molecule has 0 aliphatic rings. The molecule has 0 aromatic heterocycles. The van der Waals surface area contributed by atoms with Gasteiger partial charge >= 0.3 is 11.9 Å². The van der Waals surface area contributed by atoms with Crippen LogP contribution in [-0.2, 0) is 0 Å². The van der Waals surface area contributed by atoms with Crippen molar-refractivity contribution in [2.24, 2.45) is 0 Å². The van der Waals surface area contributed by atoms with Crippen LogP contribution in [0.5, 0.6) is 0 Å². The molecule has 2 rings (SSSR count). The molecule has 116 valence electrons. The van der Waals surface area contributed by atoms with Crippen molar-refractivity contribution in [1.29, 1.82) is 0 Å². The monoisotopic (exact) mass is 300 g/mol. The first kappa shape index (κ1) is 16.0. The lowest BCUT2D eigenvalue weighted by Gasteiger charge is -2.21. The van der Waals surface area contributed by atoms with E-state index in [-0.39, 0.29) is 11.1 Å². The zero-order chi connectivity index (χ0) is 16.9. The predicted molar refractivity (Wildman–Crippen MR) is 86.3 cm³/mol. The number of aryl methyl sites for hydroxylation is 2. The standard InChI is InChI=1S/C18H20O4/c1-7-9(3)13-10(4)8(2)12(6)15(18(21)22)16(13)14(11(7)5)17(19)20/h1-6H3,(H,19,20)(H,21,22). The Kier molecular flexibility index (Phi) is 3.73. The highest BCUT2D eigenvalue weighted by molar-refractivity contribution is 6.16. The molecule has 22 heavy (non-hydrogen) atoms. The van der Waals surface area contributed by atoms with Crippen LogP contribution >= 0.6 is 0 Å². The molecule has 0 fully saturated rings. The van der Waals surface area contributed by atoms with E-state index >= 15 is 0 Å². The molecule has 0 unspecified atom stereocenters. The van der Waals surface area contributed by atoms with Gasteiger partial charge in [-0.2, -0.15) is 0 Å². The van der Waals surface area contributed by atoms with Crippen molar-refractivity contribution >= 4 is 22.7 Å². The number of carbonyl (C=O) groups is 2. The number of rotatable bonds is 2. The summed E-state index contributed by atoms with van der Waals surface area (Å²) in [5.74, 6) is -2.17. The van der Waals surface area contributed by atoms with Gasteiger partial charge in [0.2, 0.25) is 0 Å². The molecule has 0 aliphatic heterocycles. The maximum absolute atomic E-state index is 11.8. The zero-order valence-electron chi connectivity index (χ0n) is 13.7. The van der Waals surface area contributed by atoms with Crippen LogP contribution in [0.3, 0.4) is 0 Å². The number of hydrogen-bond donors (Lipinski definition) is 2. The third-order valence-electron chi connectivity index (χ3n) is 4.93. The fraction of sp³-hybridized carbons (Fsp3) is 0.333. The summed E-state index contributed by atoms with van der Waals surface area (Å²) in [5, 5.41) is 20.4. The largest absolute Gasteiger partial charge is 0.478 e. The Balaban J connectivity index is 3.35. The fourth-order valence-corrected chi connectivity index (χ4v) is 3.25. The first-order valence-corrected chi connectivity index (χ1v) is 7.11. The molecule has 0 saturated carbocycles. The molecular formula is C18H20O4. The average molecular weight is 300 g/mol. The second-order valence-electron chi connectivity index (χ2n) is 5.86. The lowest BCUT2D eigenvalue weighted by atomic mass is 9.82. The highest BCUT2D eigenvalue weighted by Gasteiger charge is 2.26. The van der Waals surface area contributed by atoms with E-state index in [0.717, 1.165) is 27.6 Å². The van der Waals surface area contributed by atoms with Crippen LogP contribution in [-0.4, -0.2) is 22.2 Å². The van der Waals surface area contributed by atoms with E-state index in [4.69, 9.17) is 0 Å². The molecule has 2 N–H and O–H groups in total. The molecule has 0 aliphatic carbocycles. The topological polar surface area (TPSA) is 74.6 Å². The number of carboxylic acid groups (broad SMARTS) is 2. The SMILES string of the molecule is Cc1c(C)c(C(=O)O)c2c(C(=O)O)c(C)c(C)c(C)c2c1C. The Morgan fingerprint density at radius 1 is 0.545 bits per heavy atom. The zero-order valence-corrected chi connectivity index (χ0v) is 13.7. The van der Waals surface area contributed by atoms with Gasteiger partial charge in [-0.05, 0) is 80.3 Å². The van der Waals surface area contributed by atoms with Gasteiger partial charge in [0.25, 0.3) is 0 Å². The summed E-state index contributed by atoms with van der Waals surface area (Å²) in [5.41, 5.74) is 5.13. The third-order valence-corrected chi connectivity index (χ3v) is 4.93. The quantitative estimate of drug-likeness (QED) is 0.876. The molecule has 2 aromatic carbocycles. The predicted octanol–water partition coefficient (Wildman–Crippen LogP) is 4.09. The van der Waals surface area contributed by atoms with Crippen molar-refractivity contribution in [2.45, 2.75) is 41.5 Å². The highest BCUT2D eigenvalue weighted by atomic mass is 16.4. The number of hydrogen-bond acceptors (Lipinski definition) is 2. The van der Waals surface area contributed by atoms with Crippen molar-refractivity contribution in [3.05, 3.63) is 44.5 Å². The van der Waals surface area contributed by atoms with Crippen molar-refractivity contribution in [1.82, 2.24) is 0 Å². The van der Waals surface area contributed by atoms with Crippen LogP contribution in [0.25, 0.3) is 10.8 Å². The van der Waals surface area contributed by atoms with E-state index in [0.29, 0.717) is 16.5 Å². The summed E-state index contributed by atoms with van der Waals surface area (Å²) in [6.45, 7) is 11.1. The van der Waals surface area contributed by atoms with E-state index in [9.17, 15) is 19.8 Å². The Labute approximate surface area is 129 Å². The second kappa shape index (κ2) is 5.13. The normalized spacial score (nSPS) is 11.0. The lowest BCUT2D eigenvalue weighted by Crippen LogP contribution is -2.12. The molecule has 0 amide bonds. The third kappa shape index (κ3) is 1.98. The van der Waals surface area contributed by atoms with Gasteiger partial charge in [-0.3, -0.25) is 0 Å². The van der Waals surface area contributed by atoms with Gasteiger partial charge in [-0.25, -0.2) is 9.59 Å². The summed E-state index contributed by atoms with van der Waals surface area (Å²) < 4.78 is 0. The van der Waals surface area contributed by atoms with Crippen LogP contribution in [0.15, 0.2) is 0 Å². The van der Waals surface area contributed by atoms with Crippen molar-refractivity contribution in [2.75, 3.05) is 0 Å². The first-order chi connectivity index (χ1) is 10.1. The van der Waals surface area contributed by atoms with E-state index in [1.54, 1.807) is 13.8 Å². The van der Waals surface area contributed by atoms with Crippen LogP contribution in [0.1, 0.15) is 54.1 Å². The Hall–Kier alpha value is -2.36. The minimum absolute atomic E-state index is 0.0988. The second-order valence-corrected chi connectivity index (χ2v) is 5.86. The Morgan fingerprint density at radius 2 is 0.864 bits per heavy atom. The van der Waals surface area contributed by atoms with E-state index < -0.39 is 11.9 Å². The summed E-state index contributed by atoms with van der Waals surface area (Å²) in [6.07, 6.45) is 0. The summed E-state index contributed by atoms with van der Waals surface area (Å²) in [7, 11) is 0. The number of benzene rings is 2. The number of carboxylic acids is 2. The molecule has 0 spiro atoms. The van der Waals surface area contributed by atoms with Gasteiger partial charge < -0.3 is 10.2 Å². The average Bonchev–Trinajstić information content (AvgIpc) is 2.41. The first-order valence-electron chi connectivity index (χ1n) is 7.11. The van der Waals surface area contributed by atoms with Gasteiger partial charge in [0.15, 0.2) is 0 Å². The molecule has 0 heterocycles. The van der Waals surface area contributed by atoms with Crippen molar-refractivity contribution < 1.29 is 19.8 Å². The molecule has 0 radical (unpaired) electrons. The number of fused-ring (bicyclic) bond motifs is 1. The van der Waals surface area contributed by atoms with Gasteiger partial charge in [0.1, 0.15) is 0 Å². The fourth-order valence-electron chi connectivity index (χ4n) is 3.25. The van der Waals surface area contributed by atoms with Crippen LogP contribution in [0, 0.1) is 41.5 Å². The van der Waals surface area contributed by atoms with Crippen molar-refractivity contribution in [3.8, 4) is 0 Å². The molecule has 2 aromatic rings. The Bertz CT molecular complexity index is 778. The summed E-state index contributed by atoms with van der Waals surface area (Å²) in [6, 6.07) is 0. The molecule has 0 saturated heterocycles. The summed E-state index contributed by atoms with van der Waals surface area (Å²) >= 11 is 0. The molecule has 0 atom stereocenters. The molecular weight excluding hydrogens is 280 g/mol. The smallest absolute Gasteiger partial charge is 0.336 e. The van der Waals surface area contributed by atoms with Crippen LogP contribution < -0.4 is 0 Å². The number of aromatic carboxylic acids is 2. The van der Waals surface area contributed by atoms with Gasteiger partial charge in [0.05, 0.1) is 11.1 Å². The van der Waals surface area contributed by atoms with E-state index in [1.165, 1.54) is 0 Å². The summed E-state index contributed by atoms with van der Waals surface area (Å²) in [4.78, 5) is 23.6. The van der Waals surface area contributed by atoms with Crippen LogP contribution in [0.2, 0.25) is 0 Å². The lowest BCUT2D eigenvalue weighted by molar-refractivity contribution is 0.0694. The van der Waals surface area contributed by atoms with E-state index in [1.807, 2.05) is 27.7 Å². The maximum atomic E-state index is 11.8. The Morgan fingerprint density at radius 3 is 1.14 bits per heavy atom. The molecule has 0 bridgehead atoms. The van der Waals surface area contributed by atoms with Crippen molar-refractivity contribution in [3.63, 3.8) is 0 Å². The molecule has 4 nitrogen and oxygen atoms in total. The highest BCUT2D eigenvalue weighted by Crippen LogP contribution is 2.37. The molecule has 4 heteroatoms. The minimum atomic E-state index is -1.09. The van der Waals surface area contributed by atoms with Gasteiger partial charge in [-0.15, -0.1) is 0 Å². The maximum Gasteiger partial charge on any atom is 0.336 e. The van der Waals surface area contributed by atoms with Gasteiger partial charge in [0, 0.05) is 5.39 Å². The van der Waals surface area contributed by atoms with Crippen LogP contribution in [0.4, 0.5) is 0 Å². The minimum Gasteiger partial charge on any atom is -0.478 e. The van der Waals surface area contributed by atoms with Gasteiger partial charge in [-0.1, -0.05) is 0 Å². The van der Waals surface area contributed by atoms with E-state index in [2.05, 4.69) is 0 Å².